The van der Waals surface area contributed by atoms with E-state index in [0.717, 1.165) is 53.5 Å². The van der Waals surface area contributed by atoms with Crippen LogP contribution in [0, 0.1) is 0 Å². The second-order valence-corrected chi connectivity index (χ2v) is 7.38. The summed E-state index contributed by atoms with van der Waals surface area (Å²) in [6.45, 7) is 0. The van der Waals surface area contributed by atoms with Crippen LogP contribution in [0.25, 0.3) is 22.0 Å². The highest BCUT2D eigenvalue weighted by Gasteiger charge is 2.24. The van der Waals surface area contributed by atoms with Crippen LogP contribution in [0.3, 0.4) is 0 Å². The Balaban J connectivity index is 1.73. The van der Waals surface area contributed by atoms with Crippen LogP contribution in [0.1, 0.15) is 25.7 Å². The number of pyridine rings is 1. The Bertz CT molecular complexity index is 975. The van der Waals surface area contributed by atoms with Crippen LogP contribution in [-0.4, -0.2) is 36.0 Å². The molecular formula is C22H27N3O3. The first-order chi connectivity index (χ1) is 13.6. The molecule has 0 atom stereocenters. The number of aryl methyl sites for hydroxylation is 1. The summed E-state index contributed by atoms with van der Waals surface area (Å²) in [6, 6.07) is 7.86. The minimum absolute atomic E-state index is 0.194. The van der Waals surface area contributed by atoms with Gasteiger partial charge in [-0.2, -0.15) is 0 Å². The summed E-state index contributed by atoms with van der Waals surface area (Å²) < 4.78 is 19.4. The van der Waals surface area contributed by atoms with Crippen molar-refractivity contribution in [3.63, 3.8) is 0 Å². The third-order valence-corrected chi connectivity index (χ3v) is 5.59. The molecule has 1 aliphatic rings. The number of rotatable bonds is 5. The highest BCUT2D eigenvalue weighted by molar-refractivity contribution is 5.99. The number of methoxy groups -OCH3 is 2. The molecule has 1 saturated carbocycles. The van der Waals surface area contributed by atoms with E-state index >= 15 is 0 Å². The minimum atomic E-state index is 0.194. The van der Waals surface area contributed by atoms with Crippen LogP contribution < -0.4 is 15.2 Å². The van der Waals surface area contributed by atoms with E-state index in [9.17, 15) is 0 Å². The lowest BCUT2D eigenvalue weighted by molar-refractivity contribution is 0.0329. The molecule has 0 bridgehead atoms. The summed E-state index contributed by atoms with van der Waals surface area (Å²) >= 11 is 0. The molecule has 6 nitrogen and oxygen atoms in total. The first kappa shape index (κ1) is 18.6. The standard InChI is InChI=1S/C22H27N3O3/c1-25-13-19(17-10-11-24-22(27-3)21(17)25)18-12-14(23)4-9-20(18)28-16-7-5-15(26-2)6-8-16/h4,9-13,15-16H,5-8,23H2,1-3H3/t15-,16+. The number of anilines is 1. The SMILES string of the molecule is COc1nccc2c(-c3cc(N)ccc3O[C@H]3CC[C@@H](OC)CC3)cn(C)c12. The van der Waals surface area contributed by atoms with Crippen molar-refractivity contribution in [3.8, 4) is 22.8 Å². The van der Waals surface area contributed by atoms with E-state index in [2.05, 4.69) is 11.2 Å². The largest absolute Gasteiger partial charge is 0.490 e. The fraction of sp³-hybridized carbons (Fsp3) is 0.409. The van der Waals surface area contributed by atoms with Crippen molar-refractivity contribution in [2.24, 2.45) is 7.05 Å². The molecule has 6 heteroatoms. The van der Waals surface area contributed by atoms with Crippen molar-refractivity contribution < 1.29 is 14.2 Å². The number of benzene rings is 1. The summed E-state index contributed by atoms with van der Waals surface area (Å²) in [4.78, 5) is 4.33. The Kier molecular flexibility index (Phi) is 5.13. The fourth-order valence-corrected chi connectivity index (χ4v) is 4.11. The molecule has 28 heavy (non-hydrogen) atoms. The van der Waals surface area contributed by atoms with Crippen LogP contribution in [0.2, 0.25) is 0 Å². The lowest BCUT2D eigenvalue weighted by atomic mass is 9.94. The second kappa shape index (κ2) is 7.72. The molecule has 1 aliphatic carbocycles. The molecular weight excluding hydrogens is 354 g/mol. The molecule has 2 N–H and O–H groups in total. The molecule has 148 valence electrons. The number of nitrogens with zero attached hydrogens (tertiary/aromatic N) is 2. The Morgan fingerprint density at radius 1 is 1.04 bits per heavy atom. The van der Waals surface area contributed by atoms with E-state index in [-0.39, 0.29) is 6.10 Å². The van der Waals surface area contributed by atoms with Gasteiger partial charge in [-0.1, -0.05) is 0 Å². The molecule has 0 unspecified atom stereocenters. The van der Waals surface area contributed by atoms with Crippen molar-refractivity contribution in [1.82, 2.24) is 9.55 Å². The second-order valence-electron chi connectivity index (χ2n) is 7.38. The van der Waals surface area contributed by atoms with E-state index in [1.165, 1.54) is 0 Å². The van der Waals surface area contributed by atoms with Gasteiger partial charge in [0.15, 0.2) is 0 Å². The lowest BCUT2D eigenvalue weighted by Gasteiger charge is -2.28. The zero-order valence-electron chi connectivity index (χ0n) is 16.6. The molecule has 0 radical (unpaired) electrons. The monoisotopic (exact) mass is 381 g/mol. The summed E-state index contributed by atoms with van der Waals surface area (Å²) in [5, 5.41) is 1.06. The van der Waals surface area contributed by atoms with Gasteiger partial charge in [0.1, 0.15) is 11.3 Å². The maximum absolute atomic E-state index is 6.44. The number of ether oxygens (including phenoxy) is 3. The topological polar surface area (TPSA) is 71.5 Å². The van der Waals surface area contributed by atoms with Crippen LogP contribution >= 0.6 is 0 Å². The van der Waals surface area contributed by atoms with Gasteiger partial charge in [-0.25, -0.2) is 4.98 Å². The molecule has 1 fully saturated rings. The number of fused-ring (bicyclic) bond motifs is 1. The number of aromatic nitrogens is 2. The number of nitrogen functional groups attached to an aromatic ring is 1. The highest BCUT2D eigenvalue weighted by atomic mass is 16.5. The maximum atomic E-state index is 6.44. The third-order valence-electron chi connectivity index (χ3n) is 5.59. The van der Waals surface area contributed by atoms with Crippen LogP contribution in [0.4, 0.5) is 5.69 Å². The van der Waals surface area contributed by atoms with Gasteiger partial charge in [0.2, 0.25) is 5.88 Å². The van der Waals surface area contributed by atoms with Gasteiger partial charge < -0.3 is 24.5 Å². The van der Waals surface area contributed by atoms with Gasteiger partial charge in [-0.05, 0) is 49.9 Å². The Labute approximate surface area is 165 Å². The third kappa shape index (κ3) is 3.40. The molecule has 0 amide bonds. The molecule has 0 spiro atoms. The first-order valence-electron chi connectivity index (χ1n) is 9.68. The number of nitrogens with two attached hydrogens (primary N) is 1. The smallest absolute Gasteiger partial charge is 0.238 e. The fourth-order valence-electron chi connectivity index (χ4n) is 4.11. The molecule has 3 aromatic rings. The van der Waals surface area contributed by atoms with Crippen LogP contribution in [0.15, 0.2) is 36.7 Å². The number of hydrogen-bond donors (Lipinski definition) is 1. The maximum Gasteiger partial charge on any atom is 0.238 e. The van der Waals surface area contributed by atoms with E-state index < -0.39 is 0 Å². The summed E-state index contributed by atoms with van der Waals surface area (Å²) in [5.74, 6) is 1.47. The van der Waals surface area contributed by atoms with Gasteiger partial charge in [0, 0.05) is 48.8 Å². The molecule has 4 rings (SSSR count). The Hall–Kier alpha value is -2.73. The van der Waals surface area contributed by atoms with Crippen molar-refractivity contribution >= 4 is 16.6 Å². The van der Waals surface area contributed by atoms with Gasteiger partial charge >= 0.3 is 0 Å². The summed E-state index contributed by atoms with van der Waals surface area (Å²) in [5.41, 5.74) is 9.84. The predicted octanol–water partition coefficient (Wildman–Crippen LogP) is 4.17. The van der Waals surface area contributed by atoms with Gasteiger partial charge in [-0.3, -0.25) is 0 Å². The normalized spacial score (nSPS) is 19.7. The summed E-state index contributed by atoms with van der Waals surface area (Å²) in [6.07, 6.45) is 8.45. The van der Waals surface area contributed by atoms with Crippen molar-refractivity contribution in [3.05, 3.63) is 36.7 Å². The zero-order valence-corrected chi connectivity index (χ0v) is 16.6. The highest BCUT2D eigenvalue weighted by Crippen LogP contribution is 2.40. The van der Waals surface area contributed by atoms with Crippen molar-refractivity contribution in [2.45, 2.75) is 37.9 Å². The predicted molar refractivity (Wildman–Crippen MR) is 111 cm³/mol. The summed E-state index contributed by atoms with van der Waals surface area (Å²) in [7, 11) is 5.42. The van der Waals surface area contributed by atoms with Gasteiger partial charge in [0.05, 0.1) is 19.3 Å². The van der Waals surface area contributed by atoms with E-state index in [0.29, 0.717) is 17.7 Å². The first-order valence-corrected chi connectivity index (χ1v) is 9.68. The molecule has 0 saturated heterocycles. The lowest BCUT2D eigenvalue weighted by Crippen LogP contribution is -2.27. The zero-order chi connectivity index (χ0) is 19.7. The quantitative estimate of drug-likeness (QED) is 0.672. The van der Waals surface area contributed by atoms with E-state index in [1.807, 2.05) is 35.9 Å². The van der Waals surface area contributed by atoms with Gasteiger partial charge in [0.25, 0.3) is 0 Å². The Morgan fingerprint density at radius 3 is 2.50 bits per heavy atom. The van der Waals surface area contributed by atoms with E-state index in [1.54, 1.807) is 20.4 Å². The molecule has 0 aliphatic heterocycles. The average Bonchev–Trinajstić information content (AvgIpc) is 3.06. The van der Waals surface area contributed by atoms with Crippen molar-refractivity contribution in [2.75, 3.05) is 20.0 Å². The van der Waals surface area contributed by atoms with Gasteiger partial charge in [-0.15, -0.1) is 0 Å². The molecule has 1 aromatic carbocycles. The van der Waals surface area contributed by atoms with Crippen molar-refractivity contribution in [1.29, 1.82) is 0 Å². The molecule has 2 heterocycles. The average molecular weight is 381 g/mol. The minimum Gasteiger partial charge on any atom is -0.490 e. The number of hydrogen-bond acceptors (Lipinski definition) is 5. The van der Waals surface area contributed by atoms with E-state index in [4.69, 9.17) is 19.9 Å². The Morgan fingerprint density at radius 2 is 1.79 bits per heavy atom. The van der Waals surface area contributed by atoms with Crippen LogP contribution in [0.5, 0.6) is 11.6 Å². The van der Waals surface area contributed by atoms with Crippen LogP contribution in [-0.2, 0) is 11.8 Å². The molecule has 2 aromatic heterocycles.